The van der Waals surface area contributed by atoms with Gasteiger partial charge < -0.3 is 4.43 Å². The van der Waals surface area contributed by atoms with Crippen LogP contribution in [0.15, 0.2) is 84.9 Å². The summed E-state index contributed by atoms with van der Waals surface area (Å²) in [5.74, 6) is -1.02. The summed E-state index contributed by atoms with van der Waals surface area (Å²) in [7, 11) is -4.31. The van der Waals surface area contributed by atoms with Crippen LogP contribution in [0.2, 0.25) is 0 Å². The number of halogens is 9. The minimum absolute atomic E-state index is 0.0189. The van der Waals surface area contributed by atoms with Crippen LogP contribution in [-0.2, 0) is 27.7 Å². The molecule has 0 aliphatic carbocycles. The van der Waals surface area contributed by atoms with Crippen molar-refractivity contribution >= 4 is 29.8 Å². The van der Waals surface area contributed by atoms with E-state index in [1.165, 1.54) is 6.92 Å². The molecule has 3 aromatic rings. The van der Waals surface area contributed by atoms with Gasteiger partial charge in [0.25, 0.3) is 0 Å². The van der Waals surface area contributed by atoms with E-state index < -0.39 is 49.5 Å². The van der Waals surface area contributed by atoms with Crippen molar-refractivity contribution in [2.75, 3.05) is 0 Å². The molecule has 196 valence electrons. The van der Waals surface area contributed by atoms with Crippen LogP contribution in [0.4, 0.5) is 39.5 Å². The standard InChI is InChI=1S/C25H17F9O2Si/c1-15(2)22(35)36-37(19-9-3-16(4-10-19)23(26,27)28,20-11-5-17(6-12-20)24(29,30)31)21-13-7-18(8-14-21)25(32,33)34/h3-14H,1H2,2H3. The van der Waals surface area contributed by atoms with E-state index in [1.807, 2.05) is 0 Å². The van der Waals surface area contributed by atoms with Gasteiger partial charge in [-0.1, -0.05) is 43.0 Å². The van der Waals surface area contributed by atoms with Gasteiger partial charge in [-0.3, -0.25) is 0 Å². The molecule has 0 aliphatic rings. The quantitative estimate of drug-likeness (QED) is 0.174. The summed E-state index contributed by atoms with van der Waals surface area (Å²) in [4.78, 5) is 12.7. The molecule has 0 saturated carbocycles. The zero-order valence-corrected chi connectivity index (χ0v) is 19.9. The maximum atomic E-state index is 13.2. The lowest BCUT2D eigenvalue weighted by atomic mass is 10.2. The average Bonchev–Trinajstić information content (AvgIpc) is 2.81. The van der Waals surface area contributed by atoms with E-state index in [9.17, 15) is 44.3 Å². The smallest absolute Gasteiger partial charge is 0.416 e. The second kappa shape index (κ2) is 9.73. The monoisotopic (exact) mass is 548 g/mol. The molecule has 0 atom stereocenters. The molecule has 0 aliphatic heterocycles. The van der Waals surface area contributed by atoms with E-state index in [4.69, 9.17) is 4.43 Å². The highest BCUT2D eigenvalue weighted by Gasteiger charge is 2.47. The highest BCUT2D eigenvalue weighted by atomic mass is 28.4. The molecule has 3 aromatic carbocycles. The van der Waals surface area contributed by atoms with E-state index in [0.29, 0.717) is 36.4 Å². The van der Waals surface area contributed by atoms with Gasteiger partial charge in [-0.2, -0.15) is 39.5 Å². The third-order valence-corrected chi connectivity index (χ3v) is 9.38. The first-order valence-corrected chi connectivity index (χ1v) is 12.3. The molecule has 12 heteroatoms. The summed E-state index contributed by atoms with van der Waals surface area (Å²) in [6, 6.07) is 10.1. The average molecular weight is 548 g/mol. The molecule has 2 nitrogen and oxygen atoms in total. The molecule has 37 heavy (non-hydrogen) atoms. The Morgan fingerprint density at radius 1 is 0.595 bits per heavy atom. The van der Waals surface area contributed by atoms with Crippen LogP contribution in [0.3, 0.4) is 0 Å². The van der Waals surface area contributed by atoms with Gasteiger partial charge in [0.05, 0.1) is 16.7 Å². The van der Waals surface area contributed by atoms with Crippen molar-refractivity contribution in [1.82, 2.24) is 0 Å². The molecule has 0 fully saturated rings. The summed E-state index contributed by atoms with van der Waals surface area (Å²) in [6.07, 6.45) is -14.2. The fraction of sp³-hybridized carbons (Fsp3) is 0.160. The van der Waals surface area contributed by atoms with Crippen molar-refractivity contribution in [3.63, 3.8) is 0 Å². The van der Waals surface area contributed by atoms with Crippen molar-refractivity contribution in [3.8, 4) is 0 Å². The summed E-state index contributed by atoms with van der Waals surface area (Å²) in [6.45, 7) is 4.73. The molecule has 0 heterocycles. The largest absolute Gasteiger partial charge is 0.502 e. The lowest BCUT2D eigenvalue weighted by Gasteiger charge is -2.33. The van der Waals surface area contributed by atoms with Crippen molar-refractivity contribution in [2.24, 2.45) is 0 Å². The number of carbonyl (C=O) groups is 1. The fourth-order valence-electron chi connectivity index (χ4n) is 3.58. The topological polar surface area (TPSA) is 26.3 Å². The molecule has 0 saturated heterocycles. The second-order valence-corrected chi connectivity index (χ2v) is 11.4. The van der Waals surface area contributed by atoms with Crippen LogP contribution >= 0.6 is 0 Å². The maximum Gasteiger partial charge on any atom is 0.416 e. The number of hydrogen-bond acceptors (Lipinski definition) is 2. The molecule has 0 spiro atoms. The van der Waals surface area contributed by atoms with E-state index in [1.54, 1.807) is 0 Å². The van der Waals surface area contributed by atoms with E-state index in [2.05, 4.69) is 6.58 Å². The molecule has 0 amide bonds. The molecular weight excluding hydrogens is 531 g/mol. The number of carbonyl (C=O) groups excluding carboxylic acids is 1. The van der Waals surface area contributed by atoms with Crippen LogP contribution in [-0.4, -0.2) is 14.3 Å². The van der Waals surface area contributed by atoms with Crippen molar-refractivity contribution in [3.05, 3.63) is 102 Å². The first kappa shape index (κ1) is 28.0. The minimum atomic E-state index is -4.72. The SMILES string of the molecule is C=C(C)C(=O)O[Si](c1ccc(C(F)(F)F)cc1)(c1ccc(C(F)(F)F)cc1)c1ccc(C(F)(F)F)cc1. The minimum Gasteiger partial charge on any atom is -0.502 e. The third-order valence-electron chi connectivity index (χ3n) is 5.45. The number of rotatable bonds is 5. The molecular formula is C25H17F9O2Si. The summed E-state index contributed by atoms with van der Waals surface area (Å²) >= 11 is 0. The van der Waals surface area contributed by atoms with Gasteiger partial charge in [0, 0.05) is 5.57 Å². The lowest BCUT2D eigenvalue weighted by Crippen LogP contribution is -2.70. The van der Waals surface area contributed by atoms with E-state index >= 15 is 0 Å². The summed E-state index contributed by atoms with van der Waals surface area (Å²) < 4.78 is 125. The number of hydrogen-bond donors (Lipinski definition) is 0. The molecule has 0 radical (unpaired) electrons. The fourth-order valence-corrected chi connectivity index (χ4v) is 7.30. The van der Waals surface area contributed by atoms with Crippen LogP contribution in [0.1, 0.15) is 23.6 Å². The lowest BCUT2D eigenvalue weighted by molar-refractivity contribution is -0.138. The molecule has 3 rings (SSSR count). The Labute approximate surface area is 206 Å². The highest BCUT2D eigenvalue weighted by Crippen LogP contribution is 2.31. The first-order chi connectivity index (χ1) is 17.0. The van der Waals surface area contributed by atoms with Crippen molar-refractivity contribution in [1.29, 1.82) is 0 Å². The van der Waals surface area contributed by atoms with Crippen LogP contribution in [0.25, 0.3) is 0 Å². The second-order valence-electron chi connectivity index (χ2n) is 8.08. The summed E-state index contributed by atoms with van der Waals surface area (Å²) in [5, 5.41) is -0.0566. The Kier molecular flexibility index (Phi) is 7.37. The third kappa shape index (κ3) is 5.90. The van der Waals surface area contributed by atoms with Gasteiger partial charge >= 0.3 is 32.8 Å². The van der Waals surface area contributed by atoms with E-state index in [0.717, 1.165) is 36.4 Å². The Morgan fingerprint density at radius 3 is 1.03 bits per heavy atom. The zero-order chi connectivity index (χ0) is 27.8. The molecule has 0 unspecified atom stereocenters. The van der Waals surface area contributed by atoms with Gasteiger partial charge in [-0.05, 0) is 58.9 Å². The van der Waals surface area contributed by atoms with Crippen LogP contribution in [0, 0.1) is 0 Å². The number of benzene rings is 3. The zero-order valence-electron chi connectivity index (χ0n) is 18.9. The van der Waals surface area contributed by atoms with Crippen LogP contribution in [0.5, 0.6) is 0 Å². The Balaban J connectivity index is 2.35. The first-order valence-electron chi connectivity index (χ1n) is 10.4. The Morgan fingerprint density at radius 2 is 0.838 bits per heavy atom. The predicted octanol–water partition coefficient (Wildman–Crippen LogP) is 5.83. The van der Waals surface area contributed by atoms with E-state index in [-0.39, 0.29) is 21.1 Å². The van der Waals surface area contributed by atoms with Gasteiger partial charge in [0.15, 0.2) is 0 Å². The molecule has 0 aromatic heterocycles. The summed E-state index contributed by atoms with van der Waals surface area (Å²) in [5.41, 5.74) is -3.29. The molecule has 0 N–H and O–H groups in total. The molecule has 0 bridgehead atoms. The predicted molar refractivity (Wildman–Crippen MR) is 120 cm³/mol. The maximum absolute atomic E-state index is 13.2. The number of alkyl halides is 9. The van der Waals surface area contributed by atoms with Crippen LogP contribution < -0.4 is 15.6 Å². The van der Waals surface area contributed by atoms with Gasteiger partial charge in [0.2, 0.25) is 0 Å². The Bertz CT molecular complexity index is 1130. The van der Waals surface area contributed by atoms with Crippen molar-refractivity contribution in [2.45, 2.75) is 25.5 Å². The van der Waals surface area contributed by atoms with Crippen molar-refractivity contribution < 1.29 is 48.7 Å². The highest BCUT2D eigenvalue weighted by molar-refractivity contribution is 7.07. The normalized spacial score (nSPS) is 12.8. The Hall–Kier alpha value is -3.54. The van der Waals surface area contributed by atoms with Gasteiger partial charge in [-0.15, -0.1) is 0 Å². The van der Waals surface area contributed by atoms with Gasteiger partial charge in [0.1, 0.15) is 0 Å². The van der Waals surface area contributed by atoms with Gasteiger partial charge in [-0.25, -0.2) is 4.79 Å².